The van der Waals surface area contributed by atoms with Crippen LogP contribution >= 0.6 is 0 Å². The number of nitrogens with one attached hydrogen (secondary N) is 1. The molecule has 19 heavy (non-hydrogen) atoms. The summed E-state index contributed by atoms with van der Waals surface area (Å²) in [6.07, 6.45) is 6.26. The molecule has 0 aromatic rings. The van der Waals surface area contributed by atoms with E-state index in [9.17, 15) is 4.79 Å². The molecule has 0 aromatic carbocycles. The van der Waals surface area contributed by atoms with Gasteiger partial charge in [-0.1, -0.05) is 6.92 Å². The van der Waals surface area contributed by atoms with E-state index < -0.39 is 5.97 Å². The Kier molecular flexibility index (Phi) is 3.81. The number of hydrogen-bond acceptors (Lipinski definition) is 3. The number of rotatable bonds is 8. The SMILES string of the molecule is CC1CC1CNC1CC(N(CC(=O)O)CC2CC2)C1. The summed E-state index contributed by atoms with van der Waals surface area (Å²) in [6.45, 7) is 4.72. The third-order valence-corrected chi connectivity index (χ3v) is 5.10. The summed E-state index contributed by atoms with van der Waals surface area (Å²) in [7, 11) is 0. The number of aliphatic carboxylic acids is 1. The number of carboxylic acids is 1. The van der Waals surface area contributed by atoms with Gasteiger partial charge in [-0.2, -0.15) is 0 Å². The van der Waals surface area contributed by atoms with E-state index in [2.05, 4.69) is 17.1 Å². The molecule has 2 atom stereocenters. The third kappa shape index (κ3) is 3.69. The third-order valence-electron chi connectivity index (χ3n) is 5.10. The van der Waals surface area contributed by atoms with Gasteiger partial charge in [-0.3, -0.25) is 9.69 Å². The van der Waals surface area contributed by atoms with E-state index in [1.807, 2.05) is 0 Å². The first-order valence-electron chi connectivity index (χ1n) is 7.81. The minimum atomic E-state index is -0.677. The summed E-state index contributed by atoms with van der Waals surface area (Å²) in [6, 6.07) is 1.14. The van der Waals surface area contributed by atoms with Crippen molar-refractivity contribution in [2.24, 2.45) is 17.8 Å². The van der Waals surface area contributed by atoms with Crippen molar-refractivity contribution in [1.82, 2.24) is 10.2 Å². The Morgan fingerprint density at radius 2 is 2.00 bits per heavy atom. The molecule has 0 aliphatic heterocycles. The van der Waals surface area contributed by atoms with Crippen LogP contribution in [0.5, 0.6) is 0 Å². The summed E-state index contributed by atoms with van der Waals surface area (Å²) in [5.74, 6) is 1.92. The number of carboxylic acid groups (broad SMARTS) is 1. The summed E-state index contributed by atoms with van der Waals surface area (Å²) in [4.78, 5) is 13.1. The van der Waals surface area contributed by atoms with Gasteiger partial charge in [-0.15, -0.1) is 0 Å². The average molecular weight is 266 g/mol. The lowest BCUT2D eigenvalue weighted by atomic mass is 9.85. The minimum Gasteiger partial charge on any atom is -0.480 e. The van der Waals surface area contributed by atoms with Gasteiger partial charge in [0.2, 0.25) is 0 Å². The molecule has 0 bridgehead atoms. The molecule has 0 aromatic heterocycles. The molecule has 4 heteroatoms. The summed E-state index contributed by atoms with van der Waals surface area (Å²) >= 11 is 0. The van der Waals surface area contributed by atoms with Crippen molar-refractivity contribution in [3.05, 3.63) is 0 Å². The maximum atomic E-state index is 10.9. The van der Waals surface area contributed by atoms with Crippen molar-refractivity contribution >= 4 is 5.97 Å². The molecule has 108 valence electrons. The molecule has 0 amide bonds. The van der Waals surface area contributed by atoms with Crippen LogP contribution in [0.15, 0.2) is 0 Å². The van der Waals surface area contributed by atoms with E-state index in [1.54, 1.807) is 0 Å². The number of hydrogen-bond donors (Lipinski definition) is 2. The highest BCUT2D eigenvalue weighted by atomic mass is 16.4. The summed E-state index contributed by atoms with van der Waals surface area (Å²) in [5.41, 5.74) is 0. The molecule has 2 N–H and O–H groups in total. The number of nitrogens with zero attached hydrogens (tertiary/aromatic N) is 1. The monoisotopic (exact) mass is 266 g/mol. The Bertz CT molecular complexity index is 337. The van der Waals surface area contributed by atoms with Crippen LogP contribution in [0.3, 0.4) is 0 Å². The highest BCUT2D eigenvalue weighted by Gasteiger charge is 2.38. The average Bonchev–Trinajstić information content (AvgIpc) is 3.15. The van der Waals surface area contributed by atoms with E-state index in [-0.39, 0.29) is 6.54 Å². The fraction of sp³-hybridized carbons (Fsp3) is 0.933. The van der Waals surface area contributed by atoms with Gasteiger partial charge in [0.25, 0.3) is 0 Å². The van der Waals surface area contributed by atoms with Crippen LogP contribution in [0.1, 0.15) is 39.0 Å². The Hall–Kier alpha value is -0.610. The summed E-state index contributed by atoms with van der Waals surface area (Å²) < 4.78 is 0. The fourth-order valence-electron chi connectivity index (χ4n) is 3.20. The van der Waals surface area contributed by atoms with E-state index >= 15 is 0 Å². The maximum Gasteiger partial charge on any atom is 0.317 e. The van der Waals surface area contributed by atoms with Gasteiger partial charge in [0.15, 0.2) is 0 Å². The highest BCUT2D eigenvalue weighted by molar-refractivity contribution is 5.69. The second kappa shape index (κ2) is 5.41. The van der Waals surface area contributed by atoms with Crippen LogP contribution in [0.2, 0.25) is 0 Å². The van der Waals surface area contributed by atoms with Crippen molar-refractivity contribution < 1.29 is 9.90 Å². The van der Waals surface area contributed by atoms with Gasteiger partial charge in [0.1, 0.15) is 0 Å². The predicted octanol–water partition coefficient (Wildman–Crippen LogP) is 1.56. The Morgan fingerprint density at radius 1 is 1.32 bits per heavy atom. The zero-order chi connectivity index (χ0) is 13.4. The van der Waals surface area contributed by atoms with Gasteiger partial charge in [-0.25, -0.2) is 0 Å². The van der Waals surface area contributed by atoms with Gasteiger partial charge in [0.05, 0.1) is 6.54 Å². The first-order chi connectivity index (χ1) is 9.11. The minimum absolute atomic E-state index is 0.230. The van der Waals surface area contributed by atoms with Crippen LogP contribution in [0.25, 0.3) is 0 Å². The molecule has 0 saturated heterocycles. The second-order valence-electron chi connectivity index (χ2n) is 6.97. The quantitative estimate of drug-likeness (QED) is 0.700. The van der Waals surface area contributed by atoms with Gasteiger partial charge < -0.3 is 10.4 Å². The van der Waals surface area contributed by atoms with Crippen molar-refractivity contribution in [3.63, 3.8) is 0 Å². The Balaban J connectivity index is 1.37. The molecule has 3 rings (SSSR count). The standard InChI is InChI=1S/C15H26N2O2/c1-10-4-12(10)7-16-13-5-14(6-13)17(9-15(18)19)8-11-2-3-11/h10-14,16H,2-9H2,1H3,(H,18,19). The lowest BCUT2D eigenvalue weighted by Crippen LogP contribution is -2.54. The van der Waals surface area contributed by atoms with Crippen molar-refractivity contribution in [3.8, 4) is 0 Å². The first-order valence-corrected chi connectivity index (χ1v) is 7.81. The van der Waals surface area contributed by atoms with E-state index in [0.717, 1.165) is 37.1 Å². The topological polar surface area (TPSA) is 52.6 Å². The molecule has 0 heterocycles. The largest absolute Gasteiger partial charge is 0.480 e. The number of carbonyl (C=O) groups is 1. The Morgan fingerprint density at radius 3 is 2.53 bits per heavy atom. The van der Waals surface area contributed by atoms with Crippen LogP contribution < -0.4 is 5.32 Å². The lowest BCUT2D eigenvalue weighted by Gasteiger charge is -2.43. The molecule has 2 unspecified atom stereocenters. The van der Waals surface area contributed by atoms with Crippen molar-refractivity contribution in [2.75, 3.05) is 19.6 Å². The van der Waals surface area contributed by atoms with Gasteiger partial charge in [-0.05, 0) is 56.4 Å². The lowest BCUT2D eigenvalue weighted by molar-refractivity contribution is -0.139. The maximum absolute atomic E-state index is 10.9. The normalized spacial score (nSPS) is 37.2. The molecule has 3 fully saturated rings. The highest BCUT2D eigenvalue weighted by Crippen LogP contribution is 2.38. The molecular weight excluding hydrogens is 240 g/mol. The van der Waals surface area contributed by atoms with Crippen molar-refractivity contribution in [1.29, 1.82) is 0 Å². The smallest absolute Gasteiger partial charge is 0.317 e. The summed E-state index contributed by atoms with van der Waals surface area (Å²) in [5, 5.41) is 12.7. The first kappa shape index (κ1) is 13.4. The Labute approximate surface area is 115 Å². The van der Waals surface area contributed by atoms with Crippen LogP contribution in [-0.4, -0.2) is 47.7 Å². The molecule has 3 aliphatic rings. The molecular formula is C15H26N2O2. The molecule has 3 saturated carbocycles. The second-order valence-corrected chi connectivity index (χ2v) is 6.97. The van der Waals surface area contributed by atoms with E-state index in [4.69, 9.17) is 5.11 Å². The van der Waals surface area contributed by atoms with Crippen LogP contribution in [0, 0.1) is 17.8 Å². The fourth-order valence-corrected chi connectivity index (χ4v) is 3.20. The molecule has 4 nitrogen and oxygen atoms in total. The van der Waals surface area contributed by atoms with Gasteiger partial charge >= 0.3 is 5.97 Å². The predicted molar refractivity (Wildman–Crippen MR) is 74.0 cm³/mol. The zero-order valence-corrected chi connectivity index (χ0v) is 11.8. The van der Waals surface area contributed by atoms with Crippen molar-refractivity contribution in [2.45, 2.75) is 51.1 Å². The molecule has 0 spiro atoms. The van der Waals surface area contributed by atoms with Crippen LogP contribution in [0.4, 0.5) is 0 Å². The zero-order valence-electron chi connectivity index (χ0n) is 11.8. The molecule has 3 aliphatic carbocycles. The van der Waals surface area contributed by atoms with Crippen LogP contribution in [-0.2, 0) is 4.79 Å². The van der Waals surface area contributed by atoms with E-state index in [0.29, 0.717) is 12.1 Å². The van der Waals surface area contributed by atoms with Gasteiger partial charge in [0, 0.05) is 18.6 Å². The van der Waals surface area contributed by atoms with E-state index in [1.165, 1.54) is 25.8 Å². The molecule has 0 radical (unpaired) electrons.